The quantitative estimate of drug-likeness (QED) is 0.272. The molecule has 2 aromatic rings. The Hall–Kier alpha value is -1.38. The Morgan fingerprint density at radius 1 is 1.21 bits per heavy atom. The monoisotopic (exact) mass is 492 g/mol. The molecule has 7 heteroatoms. The van der Waals surface area contributed by atoms with E-state index in [1.165, 1.54) is 21.6 Å². The maximum atomic E-state index is 10.7. The Bertz CT molecular complexity index is 840. The minimum absolute atomic E-state index is 0.00539. The minimum Gasteiger partial charge on any atom is -0.481 e. The van der Waals surface area contributed by atoms with Gasteiger partial charge in [0, 0.05) is 29.9 Å². The summed E-state index contributed by atoms with van der Waals surface area (Å²) in [6.45, 7) is 7.69. The second kappa shape index (κ2) is 14.1. The first-order chi connectivity index (χ1) is 15.7. The predicted molar refractivity (Wildman–Crippen MR) is 140 cm³/mol. The number of carboxylic acid groups (broad SMARTS) is 1. The molecule has 33 heavy (non-hydrogen) atoms. The third-order valence-electron chi connectivity index (χ3n) is 5.75. The molecule has 0 saturated carbocycles. The Labute approximate surface area is 207 Å². The lowest BCUT2D eigenvalue weighted by Crippen LogP contribution is -2.45. The van der Waals surface area contributed by atoms with Crippen molar-refractivity contribution in [1.82, 2.24) is 9.62 Å². The van der Waals surface area contributed by atoms with Gasteiger partial charge in [0.2, 0.25) is 0 Å². The molecule has 0 unspecified atom stereocenters. The van der Waals surface area contributed by atoms with Gasteiger partial charge < -0.3 is 15.5 Å². The average molecular weight is 493 g/mol. The standard InChI is InChI=1S/C26H40N2O3S2/c1-5-22-16-20(8-6-10-25(30)31)11-12-24(22)33-28(4)18-23(29)17-27-26(2,3)14-7-9-21-13-15-32-19-21/h11-13,15-16,19,23,27,29H,5-10,14,17-18H2,1-4H3,(H,30,31)/t23-/m1/s1. The van der Waals surface area contributed by atoms with Gasteiger partial charge in [-0.2, -0.15) is 11.3 Å². The second-order valence-corrected chi connectivity index (χ2v) is 11.4. The molecule has 0 saturated heterocycles. The van der Waals surface area contributed by atoms with Crippen molar-refractivity contribution in [3.63, 3.8) is 0 Å². The van der Waals surface area contributed by atoms with Crippen LogP contribution < -0.4 is 5.32 Å². The van der Waals surface area contributed by atoms with Gasteiger partial charge in [-0.3, -0.25) is 4.79 Å². The summed E-state index contributed by atoms with van der Waals surface area (Å²) in [5.74, 6) is -0.741. The number of aliphatic carboxylic acids is 1. The molecule has 0 aliphatic heterocycles. The van der Waals surface area contributed by atoms with Gasteiger partial charge in [0.1, 0.15) is 0 Å². The number of rotatable bonds is 16. The number of carbonyl (C=O) groups is 1. The van der Waals surface area contributed by atoms with Crippen molar-refractivity contribution in [2.75, 3.05) is 20.1 Å². The van der Waals surface area contributed by atoms with Crippen LogP contribution in [0.2, 0.25) is 0 Å². The molecule has 0 amide bonds. The summed E-state index contributed by atoms with van der Waals surface area (Å²) >= 11 is 3.41. The Morgan fingerprint density at radius 3 is 2.64 bits per heavy atom. The van der Waals surface area contributed by atoms with Gasteiger partial charge >= 0.3 is 5.97 Å². The highest BCUT2D eigenvalue weighted by molar-refractivity contribution is 7.97. The van der Waals surface area contributed by atoms with E-state index in [9.17, 15) is 9.90 Å². The zero-order chi connectivity index (χ0) is 24.3. The van der Waals surface area contributed by atoms with Crippen LogP contribution in [0.3, 0.4) is 0 Å². The van der Waals surface area contributed by atoms with Crippen molar-refractivity contribution < 1.29 is 15.0 Å². The van der Waals surface area contributed by atoms with Crippen molar-refractivity contribution >= 4 is 29.3 Å². The summed E-state index contributed by atoms with van der Waals surface area (Å²) in [7, 11) is 2.01. The van der Waals surface area contributed by atoms with Gasteiger partial charge in [0.25, 0.3) is 0 Å². The van der Waals surface area contributed by atoms with E-state index in [1.807, 2.05) is 7.05 Å². The van der Waals surface area contributed by atoms with Gasteiger partial charge in [-0.15, -0.1) is 0 Å². The highest BCUT2D eigenvalue weighted by Gasteiger charge is 2.19. The minimum atomic E-state index is -0.741. The Morgan fingerprint density at radius 2 is 1.97 bits per heavy atom. The van der Waals surface area contributed by atoms with E-state index in [1.54, 1.807) is 23.3 Å². The van der Waals surface area contributed by atoms with Gasteiger partial charge in [-0.05, 0) is 111 Å². The molecular weight excluding hydrogens is 452 g/mol. The van der Waals surface area contributed by atoms with E-state index >= 15 is 0 Å². The van der Waals surface area contributed by atoms with Crippen LogP contribution in [0.5, 0.6) is 0 Å². The average Bonchev–Trinajstić information content (AvgIpc) is 3.26. The van der Waals surface area contributed by atoms with Crippen LogP contribution in [-0.4, -0.2) is 52.3 Å². The van der Waals surface area contributed by atoms with Crippen LogP contribution in [-0.2, 0) is 24.1 Å². The number of β-amino-alcohol motifs (C(OH)–C–C–N with tert-alkyl or cyclic N) is 1. The number of nitrogens with one attached hydrogen (secondary N) is 1. The fraction of sp³-hybridized carbons (Fsp3) is 0.577. The summed E-state index contributed by atoms with van der Waals surface area (Å²) in [6.07, 6.45) is 5.44. The molecular formula is C26H40N2O3S2. The summed E-state index contributed by atoms with van der Waals surface area (Å²) in [5, 5.41) is 27.3. The number of hydrogen-bond acceptors (Lipinski definition) is 6. The van der Waals surface area contributed by atoms with Crippen molar-refractivity contribution in [2.24, 2.45) is 0 Å². The molecule has 0 aliphatic carbocycles. The number of nitrogens with zero attached hydrogens (tertiary/aromatic N) is 1. The highest BCUT2D eigenvalue weighted by Crippen LogP contribution is 2.27. The van der Waals surface area contributed by atoms with E-state index in [0.717, 1.165) is 32.1 Å². The van der Waals surface area contributed by atoms with Crippen LogP contribution in [0.1, 0.15) is 63.1 Å². The first kappa shape index (κ1) is 27.9. The number of benzene rings is 1. The van der Waals surface area contributed by atoms with E-state index in [0.29, 0.717) is 19.5 Å². The lowest BCUT2D eigenvalue weighted by Gasteiger charge is -2.29. The molecule has 5 nitrogen and oxygen atoms in total. The number of thiophene rings is 1. The fourth-order valence-corrected chi connectivity index (χ4v) is 5.55. The predicted octanol–water partition coefficient (Wildman–Crippen LogP) is 5.41. The van der Waals surface area contributed by atoms with Crippen molar-refractivity contribution in [3.8, 4) is 0 Å². The molecule has 1 aromatic carbocycles. The summed E-state index contributed by atoms with van der Waals surface area (Å²) in [4.78, 5) is 11.9. The number of aryl methyl sites for hydroxylation is 3. The fourth-order valence-electron chi connectivity index (χ4n) is 3.82. The highest BCUT2D eigenvalue weighted by atomic mass is 32.2. The molecule has 1 heterocycles. The SMILES string of the molecule is CCc1cc(CCCC(=O)O)ccc1SN(C)C[C@H](O)CNC(C)(C)CCCc1ccsc1. The Kier molecular flexibility index (Phi) is 11.9. The first-order valence-corrected chi connectivity index (χ1v) is 13.6. The largest absolute Gasteiger partial charge is 0.481 e. The maximum Gasteiger partial charge on any atom is 0.303 e. The molecule has 184 valence electrons. The van der Waals surface area contributed by atoms with Crippen LogP contribution in [0.25, 0.3) is 0 Å². The summed E-state index contributed by atoms with van der Waals surface area (Å²) in [5.41, 5.74) is 3.85. The lowest BCUT2D eigenvalue weighted by molar-refractivity contribution is -0.137. The van der Waals surface area contributed by atoms with Gasteiger partial charge in [-0.1, -0.05) is 19.1 Å². The summed E-state index contributed by atoms with van der Waals surface area (Å²) in [6, 6.07) is 8.60. The summed E-state index contributed by atoms with van der Waals surface area (Å²) < 4.78 is 2.09. The third-order valence-corrected chi connectivity index (χ3v) is 7.54. The normalized spacial score (nSPS) is 12.9. The molecule has 0 radical (unpaired) electrons. The molecule has 2 rings (SSSR count). The molecule has 0 fully saturated rings. The number of aliphatic hydroxyl groups is 1. The van der Waals surface area contributed by atoms with Crippen LogP contribution in [0.15, 0.2) is 39.9 Å². The van der Waals surface area contributed by atoms with Gasteiger partial charge in [-0.25, -0.2) is 4.31 Å². The van der Waals surface area contributed by atoms with Gasteiger partial charge in [0.05, 0.1) is 6.10 Å². The number of likely N-dealkylation sites (N-methyl/N-ethyl adjacent to an activating group) is 1. The molecule has 0 aliphatic rings. The molecule has 0 bridgehead atoms. The van der Waals surface area contributed by atoms with Crippen molar-refractivity contribution in [3.05, 3.63) is 51.7 Å². The maximum absolute atomic E-state index is 10.7. The number of carboxylic acids is 1. The van der Waals surface area contributed by atoms with E-state index in [4.69, 9.17) is 5.11 Å². The van der Waals surface area contributed by atoms with Gasteiger partial charge in [0.15, 0.2) is 0 Å². The number of aliphatic hydroxyl groups excluding tert-OH is 1. The van der Waals surface area contributed by atoms with Crippen LogP contribution >= 0.6 is 23.3 Å². The van der Waals surface area contributed by atoms with Crippen LogP contribution in [0.4, 0.5) is 0 Å². The number of hydrogen-bond donors (Lipinski definition) is 3. The van der Waals surface area contributed by atoms with E-state index in [-0.39, 0.29) is 12.0 Å². The zero-order valence-corrected chi connectivity index (χ0v) is 22.1. The lowest BCUT2D eigenvalue weighted by atomic mass is 9.96. The van der Waals surface area contributed by atoms with Crippen LogP contribution in [0, 0.1) is 0 Å². The Balaban J connectivity index is 1.75. The first-order valence-electron chi connectivity index (χ1n) is 11.9. The molecule has 3 N–H and O–H groups in total. The molecule has 1 atom stereocenters. The molecule has 1 aromatic heterocycles. The van der Waals surface area contributed by atoms with E-state index in [2.05, 4.69) is 65.4 Å². The second-order valence-electron chi connectivity index (χ2n) is 9.35. The van der Waals surface area contributed by atoms with E-state index < -0.39 is 12.1 Å². The topological polar surface area (TPSA) is 72.8 Å². The molecule has 0 spiro atoms. The van der Waals surface area contributed by atoms with Crippen molar-refractivity contribution in [2.45, 2.75) is 82.3 Å². The zero-order valence-electron chi connectivity index (χ0n) is 20.5. The smallest absolute Gasteiger partial charge is 0.303 e. The third kappa shape index (κ3) is 11.1. The van der Waals surface area contributed by atoms with Crippen molar-refractivity contribution in [1.29, 1.82) is 0 Å².